The molecule has 23 heavy (non-hydrogen) atoms. The second-order valence-corrected chi connectivity index (χ2v) is 9.64. The van der Waals surface area contributed by atoms with Gasteiger partial charge in [-0.25, -0.2) is 8.42 Å². The van der Waals surface area contributed by atoms with E-state index in [1.54, 1.807) is 42.2 Å². The number of carbonyl (C=O) groups excluding carboxylic acids is 1. The molecular formula is C15H18Cl2N2O3S. The van der Waals surface area contributed by atoms with Crippen molar-refractivity contribution in [2.75, 3.05) is 26.2 Å². The number of halogens is 2. The monoisotopic (exact) mass is 376 g/mol. The van der Waals surface area contributed by atoms with E-state index in [1.165, 1.54) is 4.31 Å². The van der Waals surface area contributed by atoms with Crippen molar-refractivity contribution in [3.63, 3.8) is 0 Å². The van der Waals surface area contributed by atoms with Crippen LogP contribution in [-0.2, 0) is 14.8 Å². The minimum absolute atomic E-state index is 0.0979. The molecule has 2 aliphatic rings. The number of benzene rings is 1. The van der Waals surface area contributed by atoms with Crippen LogP contribution >= 0.6 is 23.2 Å². The van der Waals surface area contributed by atoms with Gasteiger partial charge in [-0.1, -0.05) is 18.2 Å². The van der Waals surface area contributed by atoms with Gasteiger partial charge < -0.3 is 4.90 Å². The van der Waals surface area contributed by atoms with Crippen LogP contribution in [0.3, 0.4) is 0 Å². The Morgan fingerprint density at radius 3 is 2.09 bits per heavy atom. The topological polar surface area (TPSA) is 57.7 Å². The third kappa shape index (κ3) is 2.86. The number of piperazine rings is 1. The molecule has 126 valence electrons. The molecule has 5 nitrogen and oxygen atoms in total. The van der Waals surface area contributed by atoms with Crippen molar-refractivity contribution in [3.8, 4) is 0 Å². The van der Waals surface area contributed by atoms with Crippen molar-refractivity contribution in [1.82, 2.24) is 9.21 Å². The molecule has 0 radical (unpaired) electrons. The van der Waals surface area contributed by atoms with Crippen molar-refractivity contribution in [3.05, 3.63) is 30.3 Å². The third-order valence-electron chi connectivity index (χ3n) is 4.64. The smallest absolute Gasteiger partial charge is 0.243 e. The van der Waals surface area contributed by atoms with E-state index in [9.17, 15) is 13.2 Å². The lowest BCUT2D eigenvalue weighted by molar-refractivity contribution is -0.137. The first-order valence-corrected chi connectivity index (χ1v) is 9.60. The molecule has 3 rings (SSSR count). The number of alkyl halides is 2. The average molecular weight is 377 g/mol. The fraction of sp³-hybridized carbons (Fsp3) is 0.533. The van der Waals surface area contributed by atoms with Gasteiger partial charge in [-0.3, -0.25) is 4.79 Å². The summed E-state index contributed by atoms with van der Waals surface area (Å²) in [5.41, 5.74) is -0.753. The lowest BCUT2D eigenvalue weighted by Gasteiger charge is -2.35. The van der Waals surface area contributed by atoms with Gasteiger partial charge in [-0.15, -0.1) is 23.2 Å². The number of hydrogen-bond acceptors (Lipinski definition) is 3. The largest absolute Gasteiger partial charge is 0.339 e. The molecule has 0 bridgehead atoms. The highest BCUT2D eigenvalue weighted by molar-refractivity contribution is 7.89. The van der Waals surface area contributed by atoms with E-state index in [0.717, 1.165) is 0 Å². The predicted molar refractivity (Wildman–Crippen MR) is 88.9 cm³/mol. The summed E-state index contributed by atoms with van der Waals surface area (Å²) in [6.07, 6.45) is 0.435. The molecule has 1 amide bonds. The summed E-state index contributed by atoms with van der Waals surface area (Å²) in [5, 5.41) is 0. The molecule has 8 heteroatoms. The fourth-order valence-electron chi connectivity index (χ4n) is 2.85. The zero-order valence-electron chi connectivity index (χ0n) is 12.7. The molecule has 1 aliphatic carbocycles. The van der Waals surface area contributed by atoms with Gasteiger partial charge in [0.25, 0.3) is 0 Å². The summed E-state index contributed by atoms with van der Waals surface area (Å²) in [4.78, 5) is 14.4. The molecule has 1 atom stereocenters. The van der Waals surface area contributed by atoms with Crippen LogP contribution in [0.2, 0.25) is 0 Å². The minimum Gasteiger partial charge on any atom is -0.339 e. The van der Waals surface area contributed by atoms with Crippen molar-refractivity contribution < 1.29 is 13.2 Å². The van der Waals surface area contributed by atoms with Crippen molar-refractivity contribution >= 4 is 39.1 Å². The van der Waals surface area contributed by atoms with Gasteiger partial charge >= 0.3 is 0 Å². The van der Waals surface area contributed by atoms with E-state index in [2.05, 4.69) is 0 Å². The first-order valence-electron chi connectivity index (χ1n) is 7.41. The summed E-state index contributed by atoms with van der Waals surface area (Å²) in [7, 11) is -3.51. The molecule has 1 aromatic rings. The maximum atomic E-state index is 12.6. The molecule has 1 aliphatic heterocycles. The molecule has 1 saturated carbocycles. The van der Waals surface area contributed by atoms with Crippen molar-refractivity contribution in [2.45, 2.75) is 22.6 Å². The maximum absolute atomic E-state index is 12.6. The van der Waals surface area contributed by atoms with Crippen LogP contribution in [0.1, 0.15) is 13.3 Å². The normalized spacial score (nSPS) is 27.7. The number of hydrogen-bond donors (Lipinski definition) is 0. The standard InChI is InChI=1S/C15H18Cl2N2O3S/c1-14(11-15(14,16)17)13(20)18-7-9-19(10-8-18)23(21,22)12-5-3-2-4-6-12/h2-6H,7-11H2,1H3. The Kier molecular flexibility index (Phi) is 4.16. The zero-order chi connectivity index (χ0) is 16.9. The summed E-state index contributed by atoms with van der Waals surface area (Å²) >= 11 is 12.1. The van der Waals surface area contributed by atoms with Crippen molar-refractivity contribution in [1.29, 1.82) is 0 Å². The Bertz CT molecular complexity index is 715. The summed E-state index contributed by atoms with van der Waals surface area (Å²) < 4.78 is 25.5. The predicted octanol–water partition coefficient (Wildman–Crippen LogP) is 2.10. The summed E-state index contributed by atoms with van der Waals surface area (Å²) in [6.45, 7) is 3.00. The first-order chi connectivity index (χ1) is 10.7. The average Bonchev–Trinajstić information content (AvgIpc) is 3.07. The van der Waals surface area contributed by atoms with Crippen LogP contribution in [0.25, 0.3) is 0 Å². The van der Waals surface area contributed by atoms with E-state index in [1.807, 2.05) is 0 Å². The lowest BCUT2D eigenvalue weighted by Crippen LogP contribution is -2.52. The Balaban J connectivity index is 1.67. The summed E-state index contributed by atoms with van der Waals surface area (Å²) in [5.74, 6) is -0.0979. The van der Waals surface area contributed by atoms with E-state index in [-0.39, 0.29) is 23.9 Å². The quantitative estimate of drug-likeness (QED) is 0.759. The number of carbonyl (C=O) groups is 1. The van der Waals surface area contributed by atoms with Gasteiger partial charge in [0, 0.05) is 26.2 Å². The van der Waals surface area contributed by atoms with Gasteiger partial charge in [-0.05, 0) is 25.5 Å². The highest BCUT2D eigenvalue weighted by atomic mass is 35.5. The molecule has 1 heterocycles. The molecule has 0 N–H and O–H groups in total. The van der Waals surface area contributed by atoms with Gasteiger partial charge in [0.15, 0.2) is 0 Å². The van der Waals surface area contributed by atoms with Gasteiger partial charge in [0.05, 0.1) is 10.3 Å². The molecule has 0 aromatic heterocycles. The highest BCUT2D eigenvalue weighted by Crippen LogP contribution is 2.64. The lowest BCUT2D eigenvalue weighted by atomic mass is 10.1. The summed E-state index contributed by atoms with van der Waals surface area (Å²) in [6, 6.07) is 8.32. The second kappa shape index (κ2) is 5.62. The van der Waals surface area contributed by atoms with E-state index in [0.29, 0.717) is 19.5 Å². The Labute approximate surface area is 146 Å². The molecule has 0 spiro atoms. The van der Waals surface area contributed by atoms with E-state index < -0.39 is 19.8 Å². The van der Waals surface area contributed by atoms with Crippen LogP contribution in [0, 0.1) is 5.41 Å². The number of nitrogens with zero attached hydrogens (tertiary/aromatic N) is 2. The Morgan fingerprint density at radius 1 is 1.09 bits per heavy atom. The fourth-order valence-corrected chi connectivity index (χ4v) is 4.99. The van der Waals surface area contributed by atoms with Gasteiger partial charge in [0.1, 0.15) is 4.33 Å². The molecule has 1 saturated heterocycles. The minimum atomic E-state index is -3.51. The van der Waals surface area contributed by atoms with Crippen molar-refractivity contribution in [2.24, 2.45) is 5.41 Å². The van der Waals surface area contributed by atoms with Gasteiger partial charge in [0.2, 0.25) is 15.9 Å². The van der Waals surface area contributed by atoms with Crippen LogP contribution in [0.5, 0.6) is 0 Å². The highest BCUT2D eigenvalue weighted by Gasteiger charge is 2.68. The Hall–Kier alpha value is -0.820. The second-order valence-electron chi connectivity index (χ2n) is 6.22. The van der Waals surface area contributed by atoms with E-state index >= 15 is 0 Å². The maximum Gasteiger partial charge on any atom is 0.243 e. The number of rotatable bonds is 3. The van der Waals surface area contributed by atoms with Crippen LogP contribution in [0.15, 0.2) is 35.2 Å². The van der Waals surface area contributed by atoms with Crippen LogP contribution < -0.4 is 0 Å². The SMILES string of the molecule is CC1(C(=O)N2CCN(S(=O)(=O)c3ccccc3)CC2)CC1(Cl)Cl. The van der Waals surface area contributed by atoms with Crippen LogP contribution in [0.4, 0.5) is 0 Å². The third-order valence-corrected chi connectivity index (χ3v) is 7.65. The molecule has 1 unspecified atom stereocenters. The molecule has 1 aromatic carbocycles. The number of sulfonamides is 1. The van der Waals surface area contributed by atoms with Crippen LogP contribution in [-0.4, -0.2) is 54.0 Å². The zero-order valence-corrected chi connectivity index (χ0v) is 15.0. The Morgan fingerprint density at radius 2 is 1.61 bits per heavy atom. The molecule has 2 fully saturated rings. The molecular weight excluding hydrogens is 359 g/mol. The van der Waals surface area contributed by atoms with Gasteiger partial charge in [-0.2, -0.15) is 4.31 Å². The number of amides is 1. The van der Waals surface area contributed by atoms with E-state index in [4.69, 9.17) is 23.2 Å². The first kappa shape index (κ1) is 17.0.